The molecule has 2 aromatic carbocycles. The molecule has 212 valence electrons. The summed E-state index contributed by atoms with van der Waals surface area (Å²) in [6, 6.07) is 19.4. The highest BCUT2D eigenvalue weighted by atomic mass is 32.2. The molecule has 0 atom stereocenters. The molecule has 0 saturated heterocycles. The maximum atomic E-state index is 12.3. The molecule has 4 rings (SSSR count). The molecule has 2 aromatic heterocycles. The standard InChI is InChI=1S/C32H39N3O4S/c1-31(2,3)40-29-26-18-25(39-21-24-8-6-7-15-33-24)13-14-27(26)35(28(29)19-32(4,5)38)20-22-9-11-23(12-10-22)30(37)34-16-17-36/h6-15,18,36,38H,16-17,19-21H2,1-5H3,(H,34,37). The zero-order valence-electron chi connectivity index (χ0n) is 23.9. The van der Waals surface area contributed by atoms with Gasteiger partial charge in [-0.25, -0.2) is 0 Å². The van der Waals surface area contributed by atoms with Gasteiger partial charge in [0, 0.05) is 57.5 Å². The number of hydrogen-bond acceptors (Lipinski definition) is 6. The summed E-state index contributed by atoms with van der Waals surface area (Å²) in [4.78, 5) is 17.8. The minimum Gasteiger partial charge on any atom is -0.487 e. The molecule has 0 fully saturated rings. The Morgan fingerprint density at radius 1 is 1.05 bits per heavy atom. The normalized spacial score (nSPS) is 12.1. The fourth-order valence-corrected chi connectivity index (χ4v) is 5.67. The lowest BCUT2D eigenvalue weighted by atomic mass is 10.0. The second-order valence-electron chi connectivity index (χ2n) is 11.5. The minimum atomic E-state index is -0.910. The van der Waals surface area contributed by atoms with Crippen LogP contribution < -0.4 is 10.1 Å². The van der Waals surface area contributed by atoms with Gasteiger partial charge in [0.1, 0.15) is 12.4 Å². The molecular weight excluding hydrogens is 522 g/mol. The molecule has 0 aliphatic heterocycles. The molecule has 2 heterocycles. The summed E-state index contributed by atoms with van der Waals surface area (Å²) in [5.74, 6) is 0.552. The Morgan fingerprint density at radius 2 is 1.80 bits per heavy atom. The predicted molar refractivity (Wildman–Crippen MR) is 161 cm³/mol. The largest absolute Gasteiger partial charge is 0.487 e. The van der Waals surface area contributed by atoms with E-state index in [0.717, 1.165) is 38.5 Å². The number of aromatic nitrogens is 2. The van der Waals surface area contributed by atoms with Crippen molar-refractivity contribution in [2.75, 3.05) is 13.2 Å². The van der Waals surface area contributed by atoms with Gasteiger partial charge in [0.15, 0.2) is 0 Å². The maximum absolute atomic E-state index is 12.3. The van der Waals surface area contributed by atoms with E-state index in [4.69, 9.17) is 9.84 Å². The topological polar surface area (TPSA) is 96.6 Å². The molecule has 0 unspecified atom stereocenters. The van der Waals surface area contributed by atoms with E-state index in [9.17, 15) is 9.90 Å². The van der Waals surface area contributed by atoms with Gasteiger partial charge in [-0.3, -0.25) is 9.78 Å². The average molecular weight is 562 g/mol. The number of aliphatic hydroxyl groups excluding tert-OH is 1. The number of thioether (sulfide) groups is 1. The van der Waals surface area contributed by atoms with E-state index in [-0.39, 0.29) is 23.8 Å². The molecule has 40 heavy (non-hydrogen) atoms. The molecule has 0 radical (unpaired) electrons. The monoisotopic (exact) mass is 561 g/mol. The van der Waals surface area contributed by atoms with Crippen LogP contribution in [0.15, 0.2) is 71.8 Å². The zero-order valence-corrected chi connectivity index (χ0v) is 24.7. The van der Waals surface area contributed by atoms with E-state index >= 15 is 0 Å². The average Bonchev–Trinajstić information content (AvgIpc) is 3.16. The van der Waals surface area contributed by atoms with Crippen LogP contribution in [0.25, 0.3) is 10.9 Å². The first-order chi connectivity index (χ1) is 18.9. The van der Waals surface area contributed by atoms with E-state index in [1.807, 2.05) is 50.2 Å². The summed E-state index contributed by atoms with van der Waals surface area (Å²) in [6.07, 6.45) is 2.24. The Bertz CT molecular complexity index is 1440. The molecular formula is C32H39N3O4S. The molecule has 3 N–H and O–H groups in total. The summed E-state index contributed by atoms with van der Waals surface area (Å²) in [5.41, 5.74) is 3.66. The number of hydrogen-bond donors (Lipinski definition) is 3. The Morgan fingerprint density at radius 3 is 2.42 bits per heavy atom. The molecule has 0 aliphatic rings. The highest BCUT2D eigenvalue weighted by Gasteiger charge is 2.27. The van der Waals surface area contributed by atoms with Crippen molar-refractivity contribution in [3.05, 3.63) is 89.4 Å². The molecule has 8 heteroatoms. The van der Waals surface area contributed by atoms with Crippen LogP contribution in [0.5, 0.6) is 5.75 Å². The molecule has 7 nitrogen and oxygen atoms in total. The lowest BCUT2D eigenvalue weighted by Crippen LogP contribution is -2.26. The molecule has 0 saturated carbocycles. The van der Waals surface area contributed by atoms with Gasteiger partial charge < -0.3 is 24.8 Å². The van der Waals surface area contributed by atoms with Crippen molar-refractivity contribution in [2.45, 2.75) is 69.4 Å². The van der Waals surface area contributed by atoms with E-state index in [2.05, 4.69) is 47.8 Å². The molecule has 1 amide bonds. The van der Waals surface area contributed by atoms with Crippen LogP contribution in [0.2, 0.25) is 0 Å². The first-order valence-corrected chi connectivity index (χ1v) is 14.3. The summed E-state index contributed by atoms with van der Waals surface area (Å²) in [5, 5.41) is 23.7. The Balaban J connectivity index is 1.75. The van der Waals surface area contributed by atoms with Gasteiger partial charge in [-0.2, -0.15) is 0 Å². The maximum Gasteiger partial charge on any atom is 0.251 e. The minimum absolute atomic E-state index is 0.0537. The third-order valence-corrected chi connectivity index (χ3v) is 7.44. The first kappa shape index (κ1) is 29.6. The van der Waals surface area contributed by atoms with Crippen LogP contribution >= 0.6 is 11.8 Å². The van der Waals surface area contributed by atoms with Crippen LogP contribution in [-0.2, 0) is 19.6 Å². The molecule has 0 spiro atoms. The number of aliphatic hydroxyl groups is 2. The Labute approximate surface area is 240 Å². The van der Waals surface area contributed by atoms with Gasteiger partial charge in [0.05, 0.1) is 17.9 Å². The van der Waals surface area contributed by atoms with Gasteiger partial charge in [-0.1, -0.05) is 39.0 Å². The quantitative estimate of drug-likeness (QED) is 0.207. The van der Waals surface area contributed by atoms with Gasteiger partial charge >= 0.3 is 0 Å². The van der Waals surface area contributed by atoms with Crippen LogP contribution in [0.1, 0.15) is 61.9 Å². The third-order valence-electron chi connectivity index (χ3n) is 6.17. The summed E-state index contributed by atoms with van der Waals surface area (Å²) in [7, 11) is 0. The van der Waals surface area contributed by atoms with Crippen molar-refractivity contribution >= 4 is 28.6 Å². The smallest absolute Gasteiger partial charge is 0.251 e. The van der Waals surface area contributed by atoms with Crippen LogP contribution in [0, 0.1) is 0 Å². The number of pyridine rings is 1. The highest BCUT2D eigenvalue weighted by molar-refractivity contribution is 8.00. The lowest BCUT2D eigenvalue weighted by Gasteiger charge is -2.23. The van der Waals surface area contributed by atoms with Crippen molar-refractivity contribution in [1.82, 2.24) is 14.9 Å². The second kappa shape index (κ2) is 12.5. The van der Waals surface area contributed by atoms with E-state index < -0.39 is 5.60 Å². The predicted octanol–water partition coefficient (Wildman–Crippen LogP) is 5.59. The van der Waals surface area contributed by atoms with Gasteiger partial charge in [-0.15, -0.1) is 11.8 Å². The number of amides is 1. The number of ether oxygens (including phenoxy) is 1. The number of nitrogens with zero attached hydrogens (tertiary/aromatic N) is 2. The number of carbonyl (C=O) groups excluding carboxylic acids is 1. The van der Waals surface area contributed by atoms with Crippen molar-refractivity contribution in [1.29, 1.82) is 0 Å². The van der Waals surface area contributed by atoms with Crippen molar-refractivity contribution in [3.63, 3.8) is 0 Å². The Kier molecular flexibility index (Phi) is 9.23. The number of fused-ring (bicyclic) bond motifs is 1. The van der Waals surface area contributed by atoms with Crippen LogP contribution in [-0.4, -0.2) is 49.2 Å². The molecule has 4 aromatic rings. The molecule has 0 aliphatic carbocycles. The van der Waals surface area contributed by atoms with Crippen LogP contribution in [0.3, 0.4) is 0 Å². The van der Waals surface area contributed by atoms with E-state index in [0.29, 0.717) is 25.1 Å². The fourth-order valence-electron chi connectivity index (χ4n) is 4.49. The number of carbonyl (C=O) groups is 1. The summed E-state index contributed by atoms with van der Waals surface area (Å²) < 4.78 is 8.35. The SMILES string of the molecule is CC(C)(O)Cc1c(SC(C)(C)C)c2cc(OCc3ccccn3)ccc2n1Cc1ccc(C(=O)NCCO)cc1. The van der Waals surface area contributed by atoms with E-state index in [1.165, 1.54) is 0 Å². The first-order valence-electron chi connectivity index (χ1n) is 13.5. The molecule has 0 bridgehead atoms. The Hall–Kier alpha value is -3.33. The van der Waals surface area contributed by atoms with Crippen molar-refractivity contribution in [2.24, 2.45) is 0 Å². The zero-order chi connectivity index (χ0) is 28.9. The summed E-state index contributed by atoms with van der Waals surface area (Å²) >= 11 is 1.79. The van der Waals surface area contributed by atoms with Crippen molar-refractivity contribution < 1.29 is 19.7 Å². The van der Waals surface area contributed by atoms with Gasteiger partial charge in [0.25, 0.3) is 5.91 Å². The fraction of sp³-hybridized carbons (Fsp3) is 0.375. The van der Waals surface area contributed by atoms with Gasteiger partial charge in [-0.05, 0) is 61.9 Å². The number of nitrogens with one attached hydrogen (secondary N) is 1. The summed E-state index contributed by atoms with van der Waals surface area (Å²) in [6.45, 7) is 11.3. The van der Waals surface area contributed by atoms with Crippen LogP contribution in [0.4, 0.5) is 0 Å². The third kappa shape index (κ3) is 7.87. The second-order valence-corrected chi connectivity index (χ2v) is 13.4. The van der Waals surface area contributed by atoms with Gasteiger partial charge in [0.2, 0.25) is 0 Å². The number of rotatable bonds is 11. The number of benzene rings is 2. The highest BCUT2D eigenvalue weighted by Crippen LogP contribution is 2.43. The van der Waals surface area contributed by atoms with Crippen molar-refractivity contribution in [3.8, 4) is 5.75 Å². The lowest BCUT2D eigenvalue weighted by molar-refractivity contribution is 0.0784. The van der Waals surface area contributed by atoms with E-state index in [1.54, 1.807) is 30.1 Å².